The molecule has 4 rings (SSSR count). The number of carbonyl (C=O) groups is 1. The van der Waals surface area contributed by atoms with Gasteiger partial charge in [-0.2, -0.15) is 0 Å². The van der Waals surface area contributed by atoms with Gasteiger partial charge in [0.2, 0.25) is 5.91 Å². The Morgan fingerprint density at radius 2 is 1.77 bits per heavy atom. The number of likely N-dealkylation sites (tertiary alicyclic amines) is 1. The Labute approximate surface area is 189 Å². The van der Waals surface area contributed by atoms with Gasteiger partial charge >= 0.3 is 0 Å². The third-order valence-corrected chi connectivity index (χ3v) is 6.44. The summed E-state index contributed by atoms with van der Waals surface area (Å²) in [5, 5.41) is 4.03. The number of hydrogen-bond donors (Lipinski definition) is 0. The zero-order valence-electron chi connectivity index (χ0n) is 17.2. The van der Waals surface area contributed by atoms with Crippen molar-refractivity contribution in [2.75, 3.05) is 13.1 Å². The summed E-state index contributed by atoms with van der Waals surface area (Å²) in [5.74, 6) is -0.679. The first-order chi connectivity index (χ1) is 14.6. The predicted octanol–water partition coefficient (Wildman–Crippen LogP) is 5.98. The number of halogens is 4. The van der Waals surface area contributed by atoms with E-state index in [1.165, 1.54) is 12.1 Å². The summed E-state index contributed by atoms with van der Waals surface area (Å²) in [4.78, 5) is 19.1. The molecule has 1 fully saturated rings. The van der Waals surface area contributed by atoms with Gasteiger partial charge in [0.1, 0.15) is 0 Å². The summed E-state index contributed by atoms with van der Waals surface area (Å²) in [7, 11) is 0. The molecule has 4 nitrogen and oxygen atoms in total. The maximum absolute atomic E-state index is 15.1. The molecule has 2 heterocycles. The Morgan fingerprint density at radius 1 is 1.16 bits per heavy atom. The van der Waals surface area contributed by atoms with E-state index in [4.69, 9.17) is 28.0 Å². The number of oxime groups is 1. The van der Waals surface area contributed by atoms with E-state index in [0.29, 0.717) is 29.7 Å². The maximum Gasteiger partial charge on any atom is 0.222 e. The molecule has 164 valence electrons. The number of hydrogen-bond acceptors (Lipinski definition) is 3. The van der Waals surface area contributed by atoms with Gasteiger partial charge in [0.05, 0.1) is 28.8 Å². The van der Waals surface area contributed by atoms with Gasteiger partial charge in [-0.1, -0.05) is 59.5 Å². The highest BCUT2D eigenvalue weighted by Crippen LogP contribution is 2.40. The van der Waals surface area contributed by atoms with Crippen LogP contribution >= 0.6 is 23.2 Å². The van der Waals surface area contributed by atoms with Crippen molar-refractivity contribution in [3.05, 3.63) is 69.0 Å². The van der Waals surface area contributed by atoms with Crippen LogP contribution in [-0.2, 0) is 20.9 Å². The molecule has 0 aromatic heterocycles. The molecule has 0 N–H and O–H groups in total. The first-order valence-electron chi connectivity index (χ1n) is 10.1. The third kappa shape index (κ3) is 4.03. The molecule has 1 unspecified atom stereocenters. The lowest BCUT2D eigenvalue weighted by Gasteiger charge is -2.44. The number of amides is 1. The van der Waals surface area contributed by atoms with E-state index < -0.39 is 17.1 Å². The molecule has 2 aromatic rings. The quantitative estimate of drug-likeness (QED) is 0.508. The van der Waals surface area contributed by atoms with Crippen molar-refractivity contribution in [2.45, 2.75) is 44.4 Å². The molecular formula is C23H22Cl2F2N2O2. The first kappa shape index (κ1) is 22.0. The van der Waals surface area contributed by atoms with Crippen LogP contribution < -0.4 is 0 Å². The summed E-state index contributed by atoms with van der Waals surface area (Å²) >= 11 is 11.9. The highest BCUT2D eigenvalue weighted by atomic mass is 35.5. The average molecular weight is 467 g/mol. The largest absolute Gasteiger partial charge is 0.384 e. The minimum atomic E-state index is -1.52. The van der Waals surface area contributed by atoms with Crippen molar-refractivity contribution >= 4 is 34.8 Å². The van der Waals surface area contributed by atoms with Crippen molar-refractivity contribution < 1.29 is 18.4 Å². The van der Waals surface area contributed by atoms with Crippen LogP contribution in [0.25, 0.3) is 0 Å². The van der Waals surface area contributed by atoms with Crippen LogP contribution in [0, 0.1) is 5.82 Å². The van der Waals surface area contributed by atoms with Crippen LogP contribution in [0.3, 0.4) is 0 Å². The van der Waals surface area contributed by atoms with Gasteiger partial charge in [-0.3, -0.25) is 4.79 Å². The molecule has 1 amide bonds. The van der Waals surface area contributed by atoms with Crippen LogP contribution in [0.5, 0.6) is 0 Å². The Morgan fingerprint density at radius 3 is 2.35 bits per heavy atom. The topological polar surface area (TPSA) is 41.9 Å². The molecule has 2 aromatic carbocycles. The van der Waals surface area contributed by atoms with Crippen LogP contribution in [0.1, 0.15) is 49.8 Å². The fourth-order valence-electron chi connectivity index (χ4n) is 3.96. The van der Waals surface area contributed by atoms with Gasteiger partial charge in [0.25, 0.3) is 0 Å². The van der Waals surface area contributed by atoms with Gasteiger partial charge in [0, 0.05) is 18.4 Å². The summed E-state index contributed by atoms with van der Waals surface area (Å²) in [6, 6.07) is 10.0. The van der Waals surface area contributed by atoms with E-state index in [-0.39, 0.29) is 29.0 Å². The third-order valence-electron chi connectivity index (χ3n) is 5.89. The molecule has 0 aliphatic carbocycles. The number of benzene rings is 2. The lowest BCUT2D eigenvalue weighted by molar-refractivity contribution is -0.146. The molecule has 0 radical (unpaired) electrons. The smallest absolute Gasteiger partial charge is 0.222 e. The Hall–Kier alpha value is -2.18. The highest BCUT2D eigenvalue weighted by Gasteiger charge is 2.47. The van der Waals surface area contributed by atoms with E-state index in [1.54, 1.807) is 29.2 Å². The monoisotopic (exact) mass is 466 g/mol. The van der Waals surface area contributed by atoms with Gasteiger partial charge in [-0.05, 0) is 36.6 Å². The van der Waals surface area contributed by atoms with Gasteiger partial charge in [0.15, 0.2) is 17.1 Å². The molecular weight excluding hydrogens is 445 g/mol. The van der Waals surface area contributed by atoms with E-state index in [9.17, 15) is 9.18 Å². The zero-order valence-corrected chi connectivity index (χ0v) is 18.7. The molecule has 2 aliphatic heterocycles. The first-order valence-corrected chi connectivity index (χ1v) is 10.9. The van der Waals surface area contributed by atoms with Crippen LogP contribution in [0.4, 0.5) is 8.78 Å². The van der Waals surface area contributed by atoms with Crippen LogP contribution in [0.2, 0.25) is 10.0 Å². The van der Waals surface area contributed by atoms with E-state index in [0.717, 1.165) is 12.0 Å². The molecule has 8 heteroatoms. The highest BCUT2D eigenvalue weighted by molar-refractivity contribution is 6.35. The van der Waals surface area contributed by atoms with Crippen LogP contribution in [-0.4, -0.2) is 29.6 Å². The zero-order chi connectivity index (χ0) is 22.4. The summed E-state index contributed by atoms with van der Waals surface area (Å²) in [6.07, 6.45) is 1.62. The normalized spacial score (nSPS) is 22.0. The van der Waals surface area contributed by atoms with Gasteiger partial charge in [-0.15, -0.1) is 0 Å². The average Bonchev–Trinajstić information content (AvgIpc) is 3.13. The van der Waals surface area contributed by atoms with Crippen molar-refractivity contribution in [3.63, 3.8) is 0 Å². The molecule has 1 saturated heterocycles. The second-order valence-electron chi connectivity index (χ2n) is 8.33. The molecule has 1 atom stereocenters. The molecule has 0 saturated carbocycles. The molecule has 0 spiro atoms. The second kappa shape index (κ2) is 8.06. The second-order valence-corrected chi connectivity index (χ2v) is 9.15. The van der Waals surface area contributed by atoms with Crippen molar-refractivity contribution in [3.8, 4) is 0 Å². The lowest BCUT2D eigenvalue weighted by atomic mass is 9.85. The van der Waals surface area contributed by atoms with E-state index in [2.05, 4.69) is 5.16 Å². The fourth-order valence-corrected chi connectivity index (χ4v) is 4.45. The summed E-state index contributed by atoms with van der Waals surface area (Å²) < 4.78 is 28.9. The van der Waals surface area contributed by atoms with Crippen LogP contribution in [0.15, 0.2) is 41.6 Å². The van der Waals surface area contributed by atoms with Gasteiger partial charge < -0.3 is 9.74 Å². The van der Waals surface area contributed by atoms with E-state index in [1.807, 2.05) is 13.8 Å². The minimum Gasteiger partial charge on any atom is -0.384 e. The SMILES string of the molecule is CCCC(=O)N1CC(F)(c2ccc(C3=NOC(C)(c4cc(Cl)c(F)c(Cl)c4)C3)cc2)C1. The van der Waals surface area contributed by atoms with E-state index >= 15 is 4.39 Å². The minimum absolute atomic E-state index is 0.00913. The number of alkyl halides is 1. The standard InChI is InChI=1S/C23H22Cl2F2N2O2/c1-3-4-20(30)29-12-23(27,13-29)15-7-5-14(6-8-15)19-11-22(2,31-28-19)16-9-17(24)21(26)18(25)10-16/h5-10H,3-4,11-13H2,1-2H3. The number of nitrogens with zero attached hydrogens (tertiary/aromatic N) is 2. The maximum atomic E-state index is 15.1. The van der Waals surface area contributed by atoms with Crippen molar-refractivity contribution in [2.24, 2.45) is 5.16 Å². The Balaban J connectivity index is 1.46. The molecule has 0 bridgehead atoms. The van der Waals surface area contributed by atoms with Gasteiger partial charge in [-0.25, -0.2) is 8.78 Å². The Bertz CT molecular complexity index is 1030. The summed E-state index contributed by atoms with van der Waals surface area (Å²) in [5.41, 5.74) is 0.279. The van der Waals surface area contributed by atoms with Crippen molar-refractivity contribution in [1.29, 1.82) is 0 Å². The predicted molar refractivity (Wildman–Crippen MR) is 117 cm³/mol. The fraction of sp³-hybridized carbons (Fsp3) is 0.391. The number of rotatable bonds is 5. The number of carbonyl (C=O) groups excluding carboxylic acids is 1. The Kier molecular flexibility index (Phi) is 5.73. The van der Waals surface area contributed by atoms with Crippen molar-refractivity contribution in [1.82, 2.24) is 4.90 Å². The molecule has 31 heavy (non-hydrogen) atoms. The molecule has 2 aliphatic rings. The lowest BCUT2D eigenvalue weighted by Crippen LogP contribution is -2.58. The summed E-state index contributed by atoms with van der Waals surface area (Å²) in [6.45, 7) is 3.92.